The average Bonchev–Trinajstić information content (AvgIpc) is 3.07. The molecule has 12 nitrogen and oxygen atoms in total. The molecule has 0 heterocycles. The number of phenolic OH excluding ortho intramolecular Hbond substituents is 4. The van der Waals surface area contributed by atoms with Crippen LogP contribution in [0.1, 0.15) is 81.3 Å². The van der Waals surface area contributed by atoms with Gasteiger partial charge in [-0.25, -0.2) is 0 Å². The van der Waals surface area contributed by atoms with E-state index in [1.807, 2.05) is 0 Å². The Hall–Kier alpha value is -6.04. The molecule has 0 aromatic heterocycles. The second-order valence-electron chi connectivity index (χ2n) is 12.8. The highest BCUT2D eigenvalue weighted by molar-refractivity contribution is 5.68. The summed E-state index contributed by atoms with van der Waals surface area (Å²) in [6.07, 6.45) is 1.03. The predicted octanol–water partition coefficient (Wildman–Crippen LogP) is 5.54. The Morgan fingerprint density at radius 3 is 0.981 bits per heavy atom. The maximum atomic E-state index is 11.6. The van der Waals surface area contributed by atoms with Crippen LogP contribution in [0.15, 0.2) is 60.7 Å². The molecule has 0 saturated carbocycles. The van der Waals surface area contributed by atoms with Crippen molar-refractivity contribution in [3.05, 3.63) is 116 Å². The molecule has 4 aromatic rings. The molecule has 274 valence electrons. The number of carboxylic acid groups (broad SMARTS) is 4. The Labute approximate surface area is 299 Å². The molecule has 0 spiro atoms. The first kappa shape index (κ1) is 38.8. The van der Waals surface area contributed by atoms with Gasteiger partial charge in [-0.1, -0.05) is 24.3 Å². The Bertz CT molecular complexity index is 1820. The molecule has 0 fully saturated rings. The number of hydrogen-bond donors (Lipinski definition) is 8. The van der Waals surface area contributed by atoms with Crippen molar-refractivity contribution < 1.29 is 60.0 Å². The number of carboxylic acids is 4. The monoisotopic (exact) mass is 714 g/mol. The van der Waals surface area contributed by atoms with Gasteiger partial charge in [0.25, 0.3) is 0 Å². The van der Waals surface area contributed by atoms with Crippen molar-refractivity contribution in [1.29, 1.82) is 0 Å². The van der Waals surface area contributed by atoms with Crippen molar-refractivity contribution in [2.75, 3.05) is 0 Å². The molecule has 4 rings (SSSR count). The summed E-state index contributed by atoms with van der Waals surface area (Å²) in [5.41, 5.74) is 6.16. The molecule has 52 heavy (non-hydrogen) atoms. The maximum Gasteiger partial charge on any atom is 0.303 e. The largest absolute Gasteiger partial charge is 0.508 e. The van der Waals surface area contributed by atoms with Crippen LogP contribution in [0.4, 0.5) is 0 Å². The second-order valence-corrected chi connectivity index (χ2v) is 12.8. The molecule has 0 amide bonds. The lowest BCUT2D eigenvalue weighted by Gasteiger charge is -2.18. The summed E-state index contributed by atoms with van der Waals surface area (Å²) >= 11 is 0. The molecule has 12 heteroatoms. The molecule has 0 saturated heterocycles. The van der Waals surface area contributed by atoms with Crippen LogP contribution >= 0.6 is 0 Å². The van der Waals surface area contributed by atoms with E-state index >= 15 is 0 Å². The van der Waals surface area contributed by atoms with E-state index in [-0.39, 0.29) is 87.2 Å². The first-order chi connectivity index (χ1) is 24.7. The topological polar surface area (TPSA) is 230 Å². The Morgan fingerprint density at radius 1 is 0.346 bits per heavy atom. The van der Waals surface area contributed by atoms with Crippen LogP contribution in [0.2, 0.25) is 0 Å². The molecule has 0 aliphatic carbocycles. The predicted molar refractivity (Wildman–Crippen MR) is 189 cm³/mol. The van der Waals surface area contributed by atoms with Gasteiger partial charge in [0.05, 0.1) is 0 Å². The van der Waals surface area contributed by atoms with Crippen LogP contribution < -0.4 is 0 Å². The van der Waals surface area contributed by atoms with Gasteiger partial charge in [0, 0.05) is 38.5 Å². The fraction of sp³-hybridized carbons (Fsp3) is 0.300. The maximum absolute atomic E-state index is 11.6. The smallest absolute Gasteiger partial charge is 0.303 e. The van der Waals surface area contributed by atoms with Gasteiger partial charge >= 0.3 is 23.9 Å². The summed E-state index contributed by atoms with van der Waals surface area (Å²) in [6.45, 7) is 0. The highest BCUT2D eigenvalue weighted by Gasteiger charge is 2.18. The summed E-state index contributed by atoms with van der Waals surface area (Å²) in [5, 5.41) is 79.8. The Kier molecular flexibility index (Phi) is 13.2. The third-order valence-electron chi connectivity index (χ3n) is 9.04. The summed E-state index contributed by atoms with van der Waals surface area (Å²) in [6, 6.07) is 15.7. The zero-order chi connectivity index (χ0) is 37.9. The molecule has 0 atom stereocenters. The fourth-order valence-electron chi connectivity index (χ4n) is 6.36. The highest BCUT2D eigenvalue weighted by Crippen LogP contribution is 2.32. The van der Waals surface area contributed by atoms with Gasteiger partial charge in [-0.15, -0.1) is 0 Å². The Balaban J connectivity index is 1.66. The summed E-state index contributed by atoms with van der Waals surface area (Å²) in [4.78, 5) is 45.5. The normalized spacial score (nSPS) is 11.0. The third kappa shape index (κ3) is 11.2. The number of benzene rings is 4. The number of aromatic hydroxyl groups is 4. The van der Waals surface area contributed by atoms with E-state index in [1.54, 1.807) is 36.4 Å². The van der Waals surface area contributed by atoms with E-state index in [9.17, 15) is 49.8 Å². The van der Waals surface area contributed by atoms with E-state index in [1.165, 1.54) is 24.3 Å². The Morgan fingerprint density at radius 2 is 0.654 bits per heavy atom. The minimum Gasteiger partial charge on any atom is -0.508 e. The van der Waals surface area contributed by atoms with Gasteiger partial charge in [0.2, 0.25) is 0 Å². The highest BCUT2D eigenvalue weighted by atomic mass is 16.4. The van der Waals surface area contributed by atoms with E-state index in [0.29, 0.717) is 68.5 Å². The number of phenols is 4. The van der Waals surface area contributed by atoms with Crippen LogP contribution in [-0.2, 0) is 70.5 Å². The zero-order valence-corrected chi connectivity index (χ0v) is 28.5. The standard InChI is InChI=1S/C40H42O12/c41-33-9-3-23(5-11-37(45)46)29(19-33)17-31-15-25(7-13-39(49)50)27(21-35(31)43)1-2-28-22-36(44)32(16-26(28)8-14-40(51)52)18-30-20-34(42)10-4-24(30)6-12-38(47)48/h3-4,9-10,15-16,19-22,41-44H,1-2,5-8,11-14,17-18H2,(H,45,46)(H,47,48)(H,49,50)(H,51,52). The van der Waals surface area contributed by atoms with Crippen molar-refractivity contribution in [2.24, 2.45) is 0 Å². The van der Waals surface area contributed by atoms with Crippen LogP contribution in [-0.4, -0.2) is 64.7 Å². The van der Waals surface area contributed by atoms with E-state index < -0.39 is 23.9 Å². The molecule has 8 N–H and O–H groups in total. The van der Waals surface area contributed by atoms with Gasteiger partial charge < -0.3 is 40.9 Å². The average molecular weight is 715 g/mol. The lowest BCUT2D eigenvalue weighted by molar-refractivity contribution is -0.138. The molecule has 0 radical (unpaired) electrons. The lowest BCUT2D eigenvalue weighted by Crippen LogP contribution is -2.07. The number of aliphatic carboxylic acids is 4. The number of carbonyl (C=O) groups is 4. The fourth-order valence-corrected chi connectivity index (χ4v) is 6.36. The molecule has 0 aliphatic heterocycles. The van der Waals surface area contributed by atoms with E-state index in [2.05, 4.69) is 0 Å². The van der Waals surface area contributed by atoms with Crippen molar-refractivity contribution in [3.63, 3.8) is 0 Å². The quantitative estimate of drug-likeness (QED) is 0.0598. The van der Waals surface area contributed by atoms with Gasteiger partial charge in [0.1, 0.15) is 23.0 Å². The van der Waals surface area contributed by atoms with Crippen molar-refractivity contribution >= 4 is 23.9 Å². The molecule has 4 aromatic carbocycles. The first-order valence-corrected chi connectivity index (χ1v) is 16.8. The van der Waals surface area contributed by atoms with Crippen molar-refractivity contribution in [1.82, 2.24) is 0 Å². The van der Waals surface area contributed by atoms with Crippen LogP contribution in [0.25, 0.3) is 0 Å². The minimum atomic E-state index is -1.01. The number of aryl methyl sites for hydroxylation is 6. The van der Waals surface area contributed by atoms with Crippen LogP contribution in [0.3, 0.4) is 0 Å². The summed E-state index contributed by atoms with van der Waals surface area (Å²) < 4.78 is 0. The van der Waals surface area contributed by atoms with Gasteiger partial charge in [0.15, 0.2) is 0 Å². The van der Waals surface area contributed by atoms with Gasteiger partial charge in [-0.05, 0) is 131 Å². The molecular formula is C40H42O12. The number of hydrogen-bond acceptors (Lipinski definition) is 8. The molecule has 0 aliphatic rings. The van der Waals surface area contributed by atoms with Crippen LogP contribution in [0, 0.1) is 0 Å². The SMILES string of the molecule is O=C(O)CCc1cc(Cc2cc(O)ccc2CCC(=O)O)c(O)cc1CCc1cc(O)c(Cc2cc(O)ccc2CCC(=O)O)cc1CCC(=O)O. The van der Waals surface area contributed by atoms with Crippen molar-refractivity contribution in [3.8, 4) is 23.0 Å². The van der Waals surface area contributed by atoms with Crippen molar-refractivity contribution in [2.45, 2.75) is 77.0 Å². The summed E-state index contributed by atoms with van der Waals surface area (Å²) in [7, 11) is 0. The first-order valence-electron chi connectivity index (χ1n) is 16.8. The third-order valence-corrected chi connectivity index (χ3v) is 9.04. The van der Waals surface area contributed by atoms with Gasteiger partial charge in [-0.2, -0.15) is 0 Å². The molecular weight excluding hydrogens is 672 g/mol. The second kappa shape index (κ2) is 17.8. The zero-order valence-electron chi connectivity index (χ0n) is 28.5. The van der Waals surface area contributed by atoms with Gasteiger partial charge in [-0.3, -0.25) is 19.2 Å². The van der Waals surface area contributed by atoms with E-state index in [4.69, 9.17) is 10.2 Å². The van der Waals surface area contributed by atoms with Crippen LogP contribution in [0.5, 0.6) is 23.0 Å². The molecule has 0 bridgehead atoms. The summed E-state index contributed by atoms with van der Waals surface area (Å²) in [5.74, 6) is -4.18. The minimum absolute atomic E-state index is 0.0233. The lowest BCUT2D eigenvalue weighted by atomic mass is 9.88. The number of rotatable bonds is 19. The molecule has 0 unspecified atom stereocenters. The van der Waals surface area contributed by atoms with E-state index in [0.717, 1.165) is 0 Å².